The Hall–Kier alpha value is -0.560. The zero-order valence-corrected chi connectivity index (χ0v) is 6.13. The first-order valence-electron chi connectivity index (χ1n) is 3.27. The van der Waals surface area contributed by atoms with Crippen molar-refractivity contribution < 1.29 is 4.74 Å². The van der Waals surface area contributed by atoms with Crippen molar-refractivity contribution in [1.29, 1.82) is 0 Å². The third-order valence-electron chi connectivity index (χ3n) is 0.858. The molecule has 0 aromatic heterocycles. The number of rotatable bonds is 4. The molecule has 0 fully saturated rings. The summed E-state index contributed by atoms with van der Waals surface area (Å²) in [6, 6.07) is 0. The van der Waals surface area contributed by atoms with Crippen LogP contribution < -0.4 is 0 Å². The van der Waals surface area contributed by atoms with Crippen molar-refractivity contribution in [2.75, 3.05) is 13.2 Å². The minimum Gasteiger partial charge on any atom is -0.378 e. The van der Waals surface area contributed by atoms with Crippen molar-refractivity contribution in [2.24, 2.45) is 0 Å². The maximum atomic E-state index is 5.06. The molecule has 0 amide bonds. The predicted molar refractivity (Wildman–Crippen MR) is 40.4 cm³/mol. The van der Waals surface area contributed by atoms with E-state index in [1.807, 2.05) is 38.2 Å². The highest BCUT2D eigenvalue weighted by molar-refractivity contribution is 5.00. The van der Waals surface area contributed by atoms with Gasteiger partial charge in [-0.15, -0.1) is 0 Å². The molecule has 52 valence electrons. The van der Waals surface area contributed by atoms with Crippen molar-refractivity contribution in [2.45, 2.75) is 13.8 Å². The molecular weight excluding hydrogens is 112 g/mol. The van der Waals surface area contributed by atoms with Crippen molar-refractivity contribution >= 4 is 0 Å². The molecule has 0 saturated heterocycles. The van der Waals surface area contributed by atoms with E-state index in [1.165, 1.54) is 0 Å². The molecule has 0 aromatic carbocycles. The fourth-order valence-corrected chi connectivity index (χ4v) is 0.431. The van der Waals surface area contributed by atoms with Gasteiger partial charge in [0.25, 0.3) is 0 Å². The summed E-state index contributed by atoms with van der Waals surface area (Å²) in [6.45, 7) is 5.50. The topological polar surface area (TPSA) is 9.23 Å². The van der Waals surface area contributed by atoms with Crippen LogP contribution >= 0.6 is 0 Å². The van der Waals surface area contributed by atoms with E-state index < -0.39 is 0 Å². The Kier molecular flexibility index (Phi) is 6.98. The van der Waals surface area contributed by atoms with E-state index in [0.717, 1.165) is 13.2 Å². The molecule has 0 N–H and O–H groups in total. The molecule has 9 heavy (non-hydrogen) atoms. The first kappa shape index (κ1) is 8.44. The Labute approximate surface area is 57.0 Å². The van der Waals surface area contributed by atoms with Crippen LogP contribution in [0, 0.1) is 0 Å². The summed E-state index contributed by atoms with van der Waals surface area (Å²) in [4.78, 5) is 0. The first-order chi connectivity index (χ1) is 4.41. The van der Waals surface area contributed by atoms with Gasteiger partial charge in [-0.05, 0) is 13.8 Å². The maximum Gasteiger partial charge on any atom is 0.0650 e. The fraction of sp³-hybridized carbons (Fsp3) is 0.500. The normalized spacial score (nSPS) is 11.8. The molecule has 0 unspecified atom stereocenters. The van der Waals surface area contributed by atoms with Gasteiger partial charge in [0.2, 0.25) is 0 Å². The summed E-state index contributed by atoms with van der Waals surface area (Å²) in [5.41, 5.74) is 0. The second-order valence-electron chi connectivity index (χ2n) is 1.61. The SMILES string of the molecule is C/C=C/C=C/COCC. The molecule has 0 aliphatic heterocycles. The van der Waals surface area contributed by atoms with E-state index in [9.17, 15) is 0 Å². The summed E-state index contributed by atoms with van der Waals surface area (Å²) in [7, 11) is 0. The Balaban J connectivity index is 3.04. The molecule has 0 aromatic rings. The zero-order chi connectivity index (χ0) is 6.95. The molecule has 0 atom stereocenters. The van der Waals surface area contributed by atoms with Crippen LogP contribution in [-0.2, 0) is 4.74 Å². The summed E-state index contributed by atoms with van der Waals surface area (Å²) in [5, 5.41) is 0. The second-order valence-corrected chi connectivity index (χ2v) is 1.61. The van der Waals surface area contributed by atoms with E-state index >= 15 is 0 Å². The second kappa shape index (κ2) is 7.44. The maximum absolute atomic E-state index is 5.06. The quantitative estimate of drug-likeness (QED) is 0.414. The molecule has 0 saturated carbocycles. The van der Waals surface area contributed by atoms with Gasteiger partial charge in [0.05, 0.1) is 6.61 Å². The molecular formula is C8H14O. The largest absolute Gasteiger partial charge is 0.378 e. The van der Waals surface area contributed by atoms with Gasteiger partial charge in [0, 0.05) is 6.61 Å². The summed E-state index contributed by atoms with van der Waals surface area (Å²) in [5.74, 6) is 0. The van der Waals surface area contributed by atoms with Gasteiger partial charge in [-0.3, -0.25) is 0 Å². The molecule has 0 aliphatic carbocycles. The van der Waals surface area contributed by atoms with Crippen molar-refractivity contribution in [3.8, 4) is 0 Å². The number of ether oxygens (including phenoxy) is 1. The van der Waals surface area contributed by atoms with Gasteiger partial charge in [-0.25, -0.2) is 0 Å². The highest BCUT2D eigenvalue weighted by Gasteiger charge is 1.71. The molecule has 0 radical (unpaired) electrons. The van der Waals surface area contributed by atoms with Gasteiger partial charge < -0.3 is 4.74 Å². The summed E-state index contributed by atoms with van der Waals surface area (Å²) < 4.78 is 5.06. The lowest BCUT2D eigenvalue weighted by molar-refractivity contribution is 0.177. The third kappa shape index (κ3) is 7.44. The Morgan fingerprint density at radius 3 is 2.67 bits per heavy atom. The Bertz CT molecular complexity index is 92.7. The first-order valence-corrected chi connectivity index (χ1v) is 3.27. The van der Waals surface area contributed by atoms with Gasteiger partial charge in [0.15, 0.2) is 0 Å². The molecule has 1 heteroatoms. The van der Waals surface area contributed by atoms with Gasteiger partial charge in [-0.1, -0.05) is 24.3 Å². The van der Waals surface area contributed by atoms with Gasteiger partial charge >= 0.3 is 0 Å². The Morgan fingerprint density at radius 2 is 2.11 bits per heavy atom. The van der Waals surface area contributed by atoms with Crippen LogP contribution in [0.25, 0.3) is 0 Å². The van der Waals surface area contributed by atoms with Gasteiger partial charge in [0.1, 0.15) is 0 Å². The van der Waals surface area contributed by atoms with E-state index in [-0.39, 0.29) is 0 Å². The molecule has 0 aliphatic rings. The average Bonchev–Trinajstić information content (AvgIpc) is 1.89. The standard InChI is InChI=1S/C8H14O/c1-3-5-6-7-8-9-4-2/h3,5-7H,4,8H2,1-2H3/b5-3+,7-6+. The lowest BCUT2D eigenvalue weighted by Gasteiger charge is -1.89. The summed E-state index contributed by atoms with van der Waals surface area (Å²) in [6.07, 6.45) is 7.95. The van der Waals surface area contributed by atoms with Crippen LogP contribution in [-0.4, -0.2) is 13.2 Å². The minimum atomic E-state index is 0.723. The monoisotopic (exact) mass is 126 g/mol. The van der Waals surface area contributed by atoms with Crippen molar-refractivity contribution in [3.63, 3.8) is 0 Å². The lowest BCUT2D eigenvalue weighted by atomic mass is 10.4. The summed E-state index contributed by atoms with van der Waals surface area (Å²) >= 11 is 0. The molecule has 0 bridgehead atoms. The number of hydrogen-bond acceptors (Lipinski definition) is 1. The zero-order valence-electron chi connectivity index (χ0n) is 6.13. The van der Waals surface area contributed by atoms with Crippen LogP contribution in [0.4, 0.5) is 0 Å². The molecule has 0 rings (SSSR count). The third-order valence-corrected chi connectivity index (χ3v) is 0.858. The highest BCUT2D eigenvalue weighted by atomic mass is 16.5. The van der Waals surface area contributed by atoms with E-state index in [4.69, 9.17) is 4.74 Å². The number of allylic oxidation sites excluding steroid dienone is 3. The van der Waals surface area contributed by atoms with Crippen LogP contribution in [0.2, 0.25) is 0 Å². The van der Waals surface area contributed by atoms with Crippen molar-refractivity contribution in [3.05, 3.63) is 24.3 Å². The molecule has 1 nitrogen and oxygen atoms in total. The number of hydrogen-bond donors (Lipinski definition) is 0. The average molecular weight is 126 g/mol. The van der Waals surface area contributed by atoms with E-state index in [0.29, 0.717) is 0 Å². The van der Waals surface area contributed by atoms with E-state index in [2.05, 4.69) is 0 Å². The van der Waals surface area contributed by atoms with Crippen LogP contribution in [0.15, 0.2) is 24.3 Å². The molecule has 0 spiro atoms. The molecule has 0 heterocycles. The van der Waals surface area contributed by atoms with Crippen LogP contribution in [0.5, 0.6) is 0 Å². The van der Waals surface area contributed by atoms with Crippen LogP contribution in [0.1, 0.15) is 13.8 Å². The van der Waals surface area contributed by atoms with Crippen molar-refractivity contribution in [1.82, 2.24) is 0 Å². The smallest absolute Gasteiger partial charge is 0.0650 e. The minimum absolute atomic E-state index is 0.723. The predicted octanol–water partition coefficient (Wildman–Crippen LogP) is 2.16. The fourth-order valence-electron chi connectivity index (χ4n) is 0.431. The lowest BCUT2D eigenvalue weighted by Crippen LogP contribution is -1.87. The van der Waals surface area contributed by atoms with Crippen LogP contribution in [0.3, 0.4) is 0 Å². The van der Waals surface area contributed by atoms with E-state index in [1.54, 1.807) is 0 Å². The highest BCUT2D eigenvalue weighted by Crippen LogP contribution is 1.78. The Morgan fingerprint density at radius 1 is 1.33 bits per heavy atom. The van der Waals surface area contributed by atoms with Gasteiger partial charge in [-0.2, -0.15) is 0 Å².